The molecule has 184 valence electrons. The van der Waals surface area contributed by atoms with Crippen LogP contribution in [0.2, 0.25) is 0 Å². The zero-order valence-electron chi connectivity index (χ0n) is 19.4. The summed E-state index contributed by atoms with van der Waals surface area (Å²) in [4.78, 5) is 42.7. The fourth-order valence-corrected chi connectivity index (χ4v) is 4.21. The van der Waals surface area contributed by atoms with Gasteiger partial charge in [-0.1, -0.05) is 11.3 Å². The maximum Gasteiger partial charge on any atom is 0.258 e. The van der Waals surface area contributed by atoms with Gasteiger partial charge in [-0.2, -0.15) is 0 Å². The number of thiazole rings is 1. The molecule has 3 rings (SSSR count). The van der Waals surface area contributed by atoms with Crippen LogP contribution >= 0.6 is 11.3 Å². The van der Waals surface area contributed by atoms with E-state index in [0.29, 0.717) is 17.0 Å². The Morgan fingerprint density at radius 3 is 2.29 bits per heavy atom. The van der Waals surface area contributed by atoms with Gasteiger partial charge in [0.25, 0.3) is 5.91 Å². The average molecular weight is 500 g/mol. The highest BCUT2D eigenvalue weighted by molar-refractivity contribution is 7.18. The third-order valence-electron chi connectivity index (χ3n) is 4.89. The Morgan fingerprint density at radius 1 is 1.09 bits per heavy atom. The smallest absolute Gasteiger partial charge is 0.258 e. The van der Waals surface area contributed by atoms with Gasteiger partial charge in [0.2, 0.25) is 11.7 Å². The van der Waals surface area contributed by atoms with Crippen molar-refractivity contribution in [1.29, 1.82) is 0 Å². The molecular formula is C24H26FN5O4S. The summed E-state index contributed by atoms with van der Waals surface area (Å²) < 4.78 is 18.9. The number of rotatable bonds is 10. The normalized spacial score (nSPS) is 11.7. The Bertz CT molecular complexity index is 1210. The molecule has 1 atom stereocenters. The zero-order valence-corrected chi connectivity index (χ0v) is 20.3. The second kappa shape index (κ2) is 11.0. The molecule has 0 aliphatic carbocycles. The molecule has 0 aliphatic rings. The molecule has 0 fully saturated rings. The van der Waals surface area contributed by atoms with Crippen LogP contribution in [0.15, 0.2) is 48.5 Å². The first-order valence-corrected chi connectivity index (χ1v) is 11.6. The number of nitrogens with two attached hydrogens (primary N) is 2. The SMILES string of the molecule is CC(C)NC(=O)COc1ccc(C(=O)c2sc(N(c3ccc(F)cc3)[C@H](C)C(N)=O)nc2N)cc1. The molecule has 0 saturated carbocycles. The molecule has 0 unspecified atom stereocenters. The number of nitrogens with zero attached hydrogens (tertiary/aromatic N) is 2. The molecule has 1 aromatic heterocycles. The summed E-state index contributed by atoms with van der Waals surface area (Å²) in [7, 11) is 0. The van der Waals surface area contributed by atoms with Crippen molar-refractivity contribution in [3.8, 4) is 5.75 Å². The van der Waals surface area contributed by atoms with Gasteiger partial charge < -0.3 is 26.4 Å². The second-order valence-corrected chi connectivity index (χ2v) is 8.98. The Balaban J connectivity index is 1.82. The summed E-state index contributed by atoms with van der Waals surface area (Å²) in [6.45, 7) is 5.13. The van der Waals surface area contributed by atoms with Gasteiger partial charge in [0.1, 0.15) is 28.3 Å². The zero-order chi connectivity index (χ0) is 25.7. The molecule has 0 aliphatic heterocycles. The lowest BCUT2D eigenvalue weighted by molar-refractivity contribution is -0.123. The maximum atomic E-state index is 13.4. The van der Waals surface area contributed by atoms with Crippen molar-refractivity contribution in [2.75, 3.05) is 17.2 Å². The van der Waals surface area contributed by atoms with E-state index in [4.69, 9.17) is 16.2 Å². The van der Waals surface area contributed by atoms with Crippen LogP contribution in [0.3, 0.4) is 0 Å². The topological polar surface area (TPSA) is 141 Å². The number of hydrogen-bond donors (Lipinski definition) is 3. The minimum Gasteiger partial charge on any atom is -0.484 e. The number of halogens is 1. The molecule has 5 N–H and O–H groups in total. The van der Waals surface area contributed by atoms with Crippen molar-refractivity contribution in [3.63, 3.8) is 0 Å². The monoisotopic (exact) mass is 499 g/mol. The maximum absolute atomic E-state index is 13.4. The van der Waals surface area contributed by atoms with Gasteiger partial charge in [0.15, 0.2) is 11.7 Å². The minimum atomic E-state index is -0.835. The second-order valence-electron chi connectivity index (χ2n) is 8.00. The number of ketones is 1. The number of nitrogens with one attached hydrogen (secondary N) is 1. The van der Waals surface area contributed by atoms with Gasteiger partial charge in [-0.3, -0.25) is 14.4 Å². The number of ether oxygens (including phenoxy) is 1. The molecule has 1 heterocycles. The molecule has 0 spiro atoms. The van der Waals surface area contributed by atoms with E-state index < -0.39 is 17.8 Å². The van der Waals surface area contributed by atoms with Crippen molar-refractivity contribution in [3.05, 3.63) is 64.8 Å². The van der Waals surface area contributed by atoms with E-state index >= 15 is 0 Å². The van der Waals surface area contributed by atoms with Crippen molar-refractivity contribution in [1.82, 2.24) is 10.3 Å². The third-order valence-corrected chi connectivity index (χ3v) is 5.96. The molecule has 0 bridgehead atoms. The van der Waals surface area contributed by atoms with Crippen LogP contribution in [0.5, 0.6) is 5.75 Å². The van der Waals surface area contributed by atoms with Crippen LogP contribution in [0.1, 0.15) is 36.0 Å². The number of anilines is 3. The van der Waals surface area contributed by atoms with Crippen molar-refractivity contribution >= 4 is 45.6 Å². The third kappa shape index (κ3) is 6.33. The molecule has 11 heteroatoms. The highest BCUT2D eigenvalue weighted by Gasteiger charge is 2.27. The summed E-state index contributed by atoms with van der Waals surface area (Å²) in [5.74, 6) is -1.28. The molecule has 2 aromatic carbocycles. The Hall–Kier alpha value is -3.99. The van der Waals surface area contributed by atoms with Gasteiger partial charge in [-0.25, -0.2) is 9.37 Å². The number of hydrogen-bond acceptors (Lipinski definition) is 8. The number of benzene rings is 2. The largest absolute Gasteiger partial charge is 0.484 e. The summed E-state index contributed by atoms with van der Waals surface area (Å²) in [5.41, 5.74) is 12.4. The van der Waals surface area contributed by atoms with Crippen molar-refractivity contribution in [2.24, 2.45) is 5.73 Å². The standard InChI is InChI=1S/C24H26FN5O4S/c1-13(2)28-19(31)12-34-18-10-4-15(5-11-18)20(32)21-22(26)29-24(35-21)30(14(3)23(27)33)17-8-6-16(25)7-9-17/h4-11,13-14H,12,26H2,1-3H3,(H2,27,33)(H,28,31)/t14-/m1/s1. The van der Waals surface area contributed by atoms with Crippen LogP contribution in [-0.4, -0.2) is 41.3 Å². The quantitative estimate of drug-likeness (QED) is 0.364. The predicted molar refractivity (Wildman–Crippen MR) is 132 cm³/mol. The van der Waals surface area contributed by atoms with E-state index in [-0.39, 0.29) is 40.2 Å². The minimum absolute atomic E-state index is 0.00536. The molecule has 3 aromatic rings. The molecule has 0 radical (unpaired) electrons. The first-order chi connectivity index (χ1) is 16.6. The highest BCUT2D eigenvalue weighted by Crippen LogP contribution is 2.36. The number of aromatic nitrogens is 1. The lowest BCUT2D eigenvalue weighted by Gasteiger charge is -2.26. The van der Waals surface area contributed by atoms with Crippen LogP contribution in [0.25, 0.3) is 0 Å². The summed E-state index contributed by atoms with van der Waals surface area (Å²) in [6.07, 6.45) is 0. The fraction of sp³-hybridized carbons (Fsp3) is 0.250. The average Bonchev–Trinajstić information content (AvgIpc) is 3.19. The number of carbonyl (C=O) groups excluding carboxylic acids is 3. The Labute approximate surface area is 205 Å². The van der Waals surface area contributed by atoms with E-state index in [1.165, 1.54) is 29.2 Å². The number of carbonyl (C=O) groups is 3. The highest BCUT2D eigenvalue weighted by atomic mass is 32.1. The molecule has 2 amide bonds. The summed E-state index contributed by atoms with van der Waals surface area (Å²) in [5, 5.41) is 2.99. The molecule has 9 nitrogen and oxygen atoms in total. The van der Waals surface area contributed by atoms with Crippen LogP contribution in [0.4, 0.5) is 21.0 Å². The molecular weight excluding hydrogens is 473 g/mol. The van der Waals surface area contributed by atoms with E-state index in [0.717, 1.165) is 11.3 Å². The predicted octanol–water partition coefficient (Wildman–Crippen LogP) is 3.01. The number of nitrogen functional groups attached to an aromatic ring is 1. The first-order valence-electron chi connectivity index (χ1n) is 10.7. The van der Waals surface area contributed by atoms with E-state index in [1.807, 2.05) is 13.8 Å². The summed E-state index contributed by atoms with van der Waals surface area (Å²) >= 11 is 0.994. The van der Waals surface area contributed by atoms with Crippen LogP contribution in [0, 0.1) is 5.82 Å². The van der Waals surface area contributed by atoms with Crippen LogP contribution < -0.4 is 26.4 Å². The fourth-order valence-electron chi connectivity index (χ4n) is 3.16. The Kier molecular flexibility index (Phi) is 8.02. The van der Waals surface area contributed by atoms with Crippen LogP contribution in [-0.2, 0) is 9.59 Å². The van der Waals surface area contributed by atoms with Gasteiger partial charge >= 0.3 is 0 Å². The van der Waals surface area contributed by atoms with Gasteiger partial charge in [0, 0.05) is 17.3 Å². The van der Waals surface area contributed by atoms with E-state index in [1.54, 1.807) is 31.2 Å². The van der Waals surface area contributed by atoms with E-state index in [9.17, 15) is 18.8 Å². The van der Waals surface area contributed by atoms with Crippen molar-refractivity contribution < 1.29 is 23.5 Å². The number of primary amides is 1. The molecule has 35 heavy (non-hydrogen) atoms. The first kappa shape index (κ1) is 25.6. The van der Waals surface area contributed by atoms with Gasteiger partial charge in [-0.15, -0.1) is 0 Å². The van der Waals surface area contributed by atoms with Gasteiger partial charge in [0.05, 0.1) is 0 Å². The lowest BCUT2D eigenvalue weighted by Crippen LogP contribution is -2.39. The number of amides is 2. The van der Waals surface area contributed by atoms with Gasteiger partial charge in [-0.05, 0) is 69.3 Å². The van der Waals surface area contributed by atoms with Crippen molar-refractivity contribution in [2.45, 2.75) is 32.9 Å². The molecule has 0 saturated heterocycles. The lowest BCUT2D eigenvalue weighted by atomic mass is 10.1. The van der Waals surface area contributed by atoms with E-state index in [2.05, 4.69) is 10.3 Å². The summed E-state index contributed by atoms with van der Waals surface area (Å²) in [6, 6.07) is 10.9. The Morgan fingerprint density at radius 2 is 1.71 bits per heavy atom.